The van der Waals surface area contributed by atoms with Gasteiger partial charge in [0.2, 0.25) is 0 Å². The molecule has 7 heteroatoms. The van der Waals surface area contributed by atoms with Crippen LogP contribution in [0.15, 0.2) is 54.6 Å². The van der Waals surface area contributed by atoms with Crippen molar-refractivity contribution in [2.45, 2.75) is 64.1 Å². The third-order valence-corrected chi connectivity index (χ3v) is 5.42. The molecule has 1 aromatic rings. The van der Waals surface area contributed by atoms with Crippen molar-refractivity contribution < 1.29 is 32.6 Å². The van der Waals surface area contributed by atoms with Crippen molar-refractivity contribution in [3.8, 4) is 5.75 Å². The fraction of sp³-hybridized carbons (Fsp3) is 0.538. The summed E-state index contributed by atoms with van der Waals surface area (Å²) in [6.07, 6.45) is 7.77. The number of Topliss-reactive ketones (excluding diaryl/α,β-unsaturated/α-hetero) is 1. The molecule has 0 heterocycles. The zero-order valence-electron chi connectivity index (χ0n) is 19.5. The lowest BCUT2D eigenvalue weighted by Gasteiger charge is -2.20. The lowest BCUT2D eigenvalue weighted by Crippen LogP contribution is -2.25. The zero-order valence-corrected chi connectivity index (χ0v) is 19.5. The van der Waals surface area contributed by atoms with Crippen LogP contribution in [0, 0.1) is 11.8 Å². The summed E-state index contributed by atoms with van der Waals surface area (Å²) in [5, 5.41) is 0. The van der Waals surface area contributed by atoms with Crippen LogP contribution in [0.1, 0.15) is 46.0 Å². The number of allylic oxidation sites excluding steroid dienone is 2. The molecule has 5 nitrogen and oxygen atoms in total. The van der Waals surface area contributed by atoms with Gasteiger partial charge in [0.1, 0.15) is 11.5 Å². The summed E-state index contributed by atoms with van der Waals surface area (Å²) in [6.45, 7) is 2.83. The van der Waals surface area contributed by atoms with Crippen molar-refractivity contribution >= 4 is 11.8 Å². The normalized spacial score (nSPS) is 21.4. The SMILES string of the molecule is CO[C@@H]1CC(=O)[C@H](C/C=C\CCCC(=O)OC(C)C)[C@H]1/C=C/C(F)(F)COc1ccccc1. The molecule has 1 saturated carbocycles. The Labute approximate surface area is 194 Å². The Morgan fingerprint density at radius 1 is 1.21 bits per heavy atom. The summed E-state index contributed by atoms with van der Waals surface area (Å²) in [4.78, 5) is 24.0. The maximum absolute atomic E-state index is 14.4. The average molecular weight is 465 g/mol. The van der Waals surface area contributed by atoms with Crippen LogP contribution in [0.2, 0.25) is 0 Å². The van der Waals surface area contributed by atoms with Crippen LogP contribution in [0.3, 0.4) is 0 Å². The molecule has 0 bridgehead atoms. The number of unbranched alkanes of at least 4 members (excludes halogenated alkanes) is 1. The largest absolute Gasteiger partial charge is 0.487 e. The first kappa shape index (κ1) is 26.7. The number of ketones is 1. The van der Waals surface area contributed by atoms with Gasteiger partial charge in [-0.1, -0.05) is 36.4 Å². The van der Waals surface area contributed by atoms with Gasteiger partial charge < -0.3 is 14.2 Å². The van der Waals surface area contributed by atoms with Crippen molar-refractivity contribution in [2.75, 3.05) is 13.7 Å². The fourth-order valence-electron chi connectivity index (χ4n) is 3.79. The lowest BCUT2D eigenvalue weighted by atomic mass is 9.90. The number of methoxy groups -OCH3 is 1. The molecular weight excluding hydrogens is 430 g/mol. The van der Waals surface area contributed by atoms with E-state index in [2.05, 4.69) is 0 Å². The molecule has 33 heavy (non-hydrogen) atoms. The lowest BCUT2D eigenvalue weighted by molar-refractivity contribution is -0.147. The molecule has 0 spiro atoms. The summed E-state index contributed by atoms with van der Waals surface area (Å²) in [5.74, 6) is -3.88. The van der Waals surface area contributed by atoms with E-state index in [0.717, 1.165) is 6.08 Å². The van der Waals surface area contributed by atoms with Crippen LogP contribution in [0.5, 0.6) is 5.75 Å². The molecule has 3 atom stereocenters. The molecule has 0 unspecified atom stereocenters. The fourth-order valence-corrected chi connectivity index (χ4v) is 3.79. The highest BCUT2D eigenvalue weighted by Gasteiger charge is 2.41. The van der Waals surface area contributed by atoms with Gasteiger partial charge in [-0.2, -0.15) is 8.78 Å². The van der Waals surface area contributed by atoms with Gasteiger partial charge in [0, 0.05) is 31.8 Å². The van der Waals surface area contributed by atoms with Crippen LogP contribution in [0.4, 0.5) is 8.78 Å². The van der Waals surface area contributed by atoms with Gasteiger partial charge >= 0.3 is 5.97 Å². The molecular formula is C26H34F2O5. The highest BCUT2D eigenvalue weighted by Crippen LogP contribution is 2.36. The molecule has 0 saturated heterocycles. The average Bonchev–Trinajstić information content (AvgIpc) is 3.08. The van der Waals surface area contributed by atoms with Crippen LogP contribution >= 0.6 is 0 Å². The van der Waals surface area contributed by atoms with Crippen LogP contribution < -0.4 is 4.74 Å². The maximum Gasteiger partial charge on any atom is 0.306 e. The molecule has 0 amide bonds. The molecule has 1 aliphatic carbocycles. The van der Waals surface area contributed by atoms with Gasteiger partial charge in [-0.15, -0.1) is 0 Å². The van der Waals surface area contributed by atoms with Gasteiger partial charge in [-0.3, -0.25) is 9.59 Å². The Bertz CT molecular complexity index is 804. The Morgan fingerprint density at radius 2 is 1.94 bits per heavy atom. The van der Waals surface area contributed by atoms with Crippen LogP contribution in [-0.4, -0.2) is 43.6 Å². The maximum atomic E-state index is 14.4. The number of carbonyl (C=O) groups excluding carboxylic acids is 2. The second-order valence-corrected chi connectivity index (χ2v) is 8.49. The monoisotopic (exact) mass is 464 g/mol. The second kappa shape index (κ2) is 13.2. The number of para-hydroxylation sites is 1. The predicted molar refractivity (Wildman–Crippen MR) is 122 cm³/mol. The van der Waals surface area contributed by atoms with E-state index in [0.29, 0.717) is 31.4 Å². The predicted octanol–water partition coefficient (Wildman–Crippen LogP) is 5.55. The van der Waals surface area contributed by atoms with Crippen molar-refractivity contribution in [1.29, 1.82) is 0 Å². The minimum Gasteiger partial charge on any atom is -0.487 e. The summed E-state index contributed by atoms with van der Waals surface area (Å²) < 4.78 is 44.4. The third-order valence-electron chi connectivity index (χ3n) is 5.42. The van der Waals surface area contributed by atoms with Crippen molar-refractivity contribution in [3.63, 3.8) is 0 Å². The van der Waals surface area contributed by atoms with Gasteiger partial charge in [0.05, 0.1) is 12.2 Å². The minimum absolute atomic E-state index is 0.00510. The topological polar surface area (TPSA) is 61.8 Å². The molecule has 1 aromatic carbocycles. The number of rotatable bonds is 13. The number of ether oxygens (including phenoxy) is 3. The Balaban J connectivity index is 1.89. The van der Waals surface area contributed by atoms with Gasteiger partial charge in [-0.05, 0) is 51.3 Å². The highest BCUT2D eigenvalue weighted by atomic mass is 19.3. The number of esters is 1. The molecule has 0 radical (unpaired) electrons. The Morgan fingerprint density at radius 3 is 2.61 bits per heavy atom. The van der Waals surface area contributed by atoms with Crippen LogP contribution in [-0.2, 0) is 19.1 Å². The number of benzene rings is 1. The van der Waals surface area contributed by atoms with E-state index in [1.807, 2.05) is 12.2 Å². The number of carbonyl (C=O) groups is 2. The smallest absolute Gasteiger partial charge is 0.306 e. The molecule has 0 aromatic heterocycles. The van der Waals surface area contributed by atoms with E-state index in [1.54, 1.807) is 44.2 Å². The van der Waals surface area contributed by atoms with E-state index in [-0.39, 0.29) is 24.3 Å². The first-order valence-electron chi connectivity index (χ1n) is 11.4. The first-order chi connectivity index (χ1) is 15.7. The van der Waals surface area contributed by atoms with Gasteiger partial charge in [0.25, 0.3) is 5.92 Å². The van der Waals surface area contributed by atoms with E-state index in [4.69, 9.17) is 14.2 Å². The molecule has 0 N–H and O–H groups in total. The van der Waals surface area contributed by atoms with Crippen molar-refractivity contribution in [1.82, 2.24) is 0 Å². The minimum atomic E-state index is -3.18. The number of hydrogen-bond donors (Lipinski definition) is 0. The molecule has 2 rings (SSSR count). The first-order valence-corrected chi connectivity index (χ1v) is 11.4. The standard InChI is InChI=1S/C26H34F2O5/c1-19(2)33-25(30)14-10-5-4-9-13-21-22(24(31-3)17-23(21)29)15-16-26(27,28)18-32-20-11-7-6-8-12-20/h4,6-9,11-12,15-16,19,21-22,24H,5,10,13-14,17-18H2,1-3H3/b9-4-,16-15+/t21-,22-,24-/m1/s1. The van der Waals surface area contributed by atoms with E-state index in [1.165, 1.54) is 13.2 Å². The highest BCUT2D eigenvalue weighted by molar-refractivity contribution is 5.85. The van der Waals surface area contributed by atoms with E-state index < -0.39 is 30.5 Å². The molecule has 182 valence electrons. The third kappa shape index (κ3) is 9.46. The van der Waals surface area contributed by atoms with Crippen molar-refractivity contribution in [3.05, 3.63) is 54.6 Å². The Kier molecular flexibility index (Phi) is 10.7. The Hall–Kier alpha value is -2.54. The number of alkyl halides is 2. The zero-order chi connectivity index (χ0) is 24.3. The quantitative estimate of drug-likeness (QED) is 0.218. The second-order valence-electron chi connectivity index (χ2n) is 8.49. The van der Waals surface area contributed by atoms with E-state index in [9.17, 15) is 18.4 Å². The summed E-state index contributed by atoms with van der Waals surface area (Å²) in [5.41, 5.74) is 0. The van der Waals surface area contributed by atoms with Crippen LogP contribution in [0.25, 0.3) is 0 Å². The molecule has 1 fully saturated rings. The summed E-state index contributed by atoms with van der Waals surface area (Å²) >= 11 is 0. The van der Waals surface area contributed by atoms with Gasteiger partial charge in [0.15, 0.2) is 6.61 Å². The number of halogens is 2. The molecule has 1 aliphatic rings. The van der Waals surface area contributed by atoms with E-state index >= 15 is 0 Å². The van der Waals surface area contributed by atoms with Gasteiger partial charge in [-0.25, -0.2) is 0 Å². The summed E-state index contributed by atoms with van der Waals surface area (Å²) in [6, 6.07) is 8.44. The summed E-state index contributed by atoms with van der Waals surface area (Å²) in [7, 11) is 1.49. The van der Waals surface area contributed by atoms with Crippen molar-refractivity contribution in [2.24, 2.45) is 11.8 Å². The molecule has 0 aliphatic heterocycles. The number of hydrogen-bond acceptors (Lipinski definition) is 5.